The van der Waals surface area contributed by atoms with Crippen LogP contribution < -0.4 is 14.8 Å². The molecule has 0 saturated carbocycles. The number of ether oxygens (including phenoxy) is 2. The largest absolute Gasteiger partial charge is 0.490 e. The van der Waals surface area contributed by atoms with Crippen molar-refractivity contribution in [1.82, 2.24) is 4.98 Å². The number of benzene rings is 4. The van der Waals surface area contributed by atoms with Crippen LogP contribution in [0.4, 0.5) is 5.69 Å². The summed E-state index contributed by atoms with van der Waals surface area (Å²) in [7, 11) is 0. The minimum absolute atomic E-state index is 0.435. The van der Waals surface area contributed by atoms with Gasteiger partial charge < -0.3 is 14.8 Å². The summed E-state index contributed by atoms with van der Waals surface area (Å²) in [5.41, 5.74) is 6.52. The molecule has 6 heteroatoms. The number of anilines is 1. The molecule has 1 N–H and O–H groups in total. The van der Waals surface area contributed by atoms with Crippen molar-refractivity contribution in [2.75, 3.05) is 11.9 Å². The summed E-state index contributed by atoms with van der Waals surface area (Å²) in [6, 6.07) is 28.5. The Bertz CT molecular complexity index is 1460. The molecule has 0 atom stereocenters. The minimum atomic E-state index is 0.435. The average molecular weight is 515 g/mol. The van der Waals surface area contributed by atoms with Gasteiger partial charge in [-0.2, -0.15) is 0 Å². The zero-order valence-corrected chi connectivity index (χ0v) is 21.8. The summed E-state index contributed by atoms with van der Waals surface area (Å²) >= 11 is 7.74. The van der Waals surface area contributed by atoms with Crippen molar-refractivity contribution in [1.29, 1.82) is 0 Å². The van der Waals surface area contributed by atoms with E-state index in [1.54, 1.807) is 11.3 Å². The molecule has 0 aliphatic heterocycles. The quantitative estimate of drug-likeness (QED) is 0.214. The first-order chi connectivity index (χ1) is 17.6. The van der Waals surface area contributed by atoms with E-state index in [0.29, 0.717) is 24.8 Å². The van der Waals surface area contributed by atoms with Gasteiger partial charge in [-0.25, -0.2) is 4.98 Å². The standard InChI is InChI=1S/C30H27ClN2O2S/c1-3-34-27-6-4-5-23(29(27)35-19-21-8-12-24(31)13-9-21)18-32-25-14-10-22(11-15-25)30-33-26-16-7-20(2)17-28(26)36-30/h4-17,32H,3,18-19H2,1-2H3. The number of rotatable bonds is 9. The lowest BCUT2D eigenvalue weighted by molar-refractivity contribution is 0.267. The van der Waals surface area contributed by atoms with E-state index in [0.717, 1.165) is 44.4 Å². The highest BCUT2D eigenvalue weighted by Crippen LogP contribution is 2.34. The van der Waals surface area contributed by atoms with E-state index < -0.39 is 0 Å². The van der Waals surface area contributed by atoms with Gasteiger partial charge in [-0.1, -0.05) is 41.9 Å². The van der Waals surface area contributed by atoms with Gasteiger partial charge >= 0.3 is 0 Å². The van der Waals surface area contributed by atoms with Crippen molar-refractivity contribution in [3.05, 3.63) is 107 Å². The highest BCUT2D eigenvalue weighted by molar-refractivity contribution is 7.21. The third-order valence-electron chi connectivity index (χ3n) is 5.82. The molecule has 0 bridgehead atoms. The lowest BCUT2D eigenvalue weighted by Crippen LogP contribution is -2.06. The number of fused-ring (bicyclic) bond motifs is 1. The molecule has 1 heterocycles. The average Bonchev–Trinajstić information content (AvgIpc) is 3.31. The summed E-state index contributed by atoms with van der Waals surface area (Å²) in [4.78, 5) is 4.80. The van der Waals surface area contributed by atoms with Crippen LogP contribution in [0.5, 0.6) is 11.5 Å². The Kier molecular flexibility index (Phi) is 7.40. The normalized spacial score (nSPS) is 11.0. The summed E-state index contributed by atoms with van der Waals surface area (Å²) in [5, 5.41) is 5.26. The molecule has 4 aromatic carbocycles. The summed E-state index contributed by atoms with van der Waals surface area (Å²) in [6.07, 6.45) is 0. The molecule has 0 amide bonds. The molecule has 5 aromatic rings. The molecule has 182 valence electrons. The van der Waals surface area contributed by atoms with E-state index in [2.05, 4.69) is 60.8 Å². The molecular weight excluding hydrogens is 488 g/mol. The molecule has 0 unspecified atom stereocenters. The van der Waals surface area contributed by atoms with Crippen molar-refractivity contribution < 1.29 is 9.47 Å². The molecule has 0 saturated heterocycles. The fraction of sp³-hybridized carbons (Fsp3) is 0.167. The number of thiazole rings is 1. The van der Waals surface area contributed by atoms with Crippen LogP contribution in [-0.2, 0) is 13.2 Å². The Balaban J connectivity index is 1.30. The zero-order chi connectivity index (χ0) is 24.9. The van der Waals surface area contributed by atoms with Gasteiger partial charge in [-0.3, -0.25) is 0 Å². The van der Waals surface area contributed by atoms with E-state index in [-0.39, 0.29) is 0 Å². The fourth-order valence-electron chi connectivity index (χ4n) is 3.95. The molecule has 0 spiro atoms. The van der Waals surface area contributed by atoms with Crippen LogP contribution >= 0.6 is 22.9 Å². The minimum Gasteiger partial charge on any atom is -0.490 e. The van der Waals surface area contributed by atoms with Gasteiger partial charge in [-0.05, 0) is 79.6 Å². The molecule has 0 aliphatic carbocycles. The van der Waals surface area contributed by atoms with E-state index in [4.69, 9.17) is 26.1 Å². The molecule has 4 nitrogen and oxygen atoms in total. The monoisotopic (exact) mass is 514 g/mol. The first-order valence-corrected chi connectivity index (χ1v) is 13.1. The Morgan fingerprint density at radius 3 is 2.50 bits per heavy atom. The van der Waals surface area contributed by atoms with Crippen molar-refractivity contribution in [2.45, 2.75) is 27.0 Å². The van der Waals surface area contributed by atoms with Gasteiger partial charge in [0.15, 0.2) is 11.5 Å². The Morgan fingerprint density at radius 2 is 1.72 bits per heavy atom. The Labute approximate surface area is 220 Å². The fourth-order valence-corrected chi connectivity index (χ4v) is 5.15. The number of halogens is 1. The van der Waals surface area contributed by atoms with Crippen LogP contribution in [0.15, 0.2) is 84.9 Å². The van der Waals surface area contributed by atoms with Crippen LogP contribution in [0, 0.1) is 6.92 Å². The Hall–Kier alpha value is -3.54. The molecule has 36 heavy (non-hydrogen) atoms. The molecule has 1 aromatic heterocycles. The van der Waals surface area contributed by atoms with E-state index in [9.17, 15) is 0 Å². The van der Waals surface area contributed by atoms with Gasteiger partial charge in [0.05, 0.1) is 16.8 Å². The number of aromatic nitrogens is 1. The molecule has 5 rings (SSSR count). The van der Waals surface area contributed by atoms with Gasteiger partial charge in [0.1, 0.15) is 11.6 Å². The number of hydrogen-bond donors (Lipinski definition) is 1. The van der Waals surface area contributed by atoms with E-state index in [1.165, 1.54) is 10.3 Å². The smallest absolute Gasteiger partial charge is 0.166 e. The third-order valence-corrected chi connectivity index (χ3v) is 7.13. The Morgan fingerprint density at radius 1 is 0.917 bits per heavy atom. The molecule has 0 radical (unpaired) electrons. The second kappa shape index (κ2) is 11.0. The topological polar surface area (TPSA) is 43.4 Å². The second-order valence-electron chi connectivity index (χ2n) is 8.51. The van der Waals surface area contributed by atoms with Gasteiger partial charge in [-0.15, -0.1) is 11.3 Å². The zero-order valence-electron chi connectivity index (χ0n) is 20.3. The second-order valence-corrected chi connectivity index (χ2v) is 9.98. The highest BCUT2D eigenvalue weighted by Gasteiger charge is 2.12. The van der Waals surface area contributed by atoms with Crippen LogP contribution in [0.3, 0.4) is 0 Å². The molecule has 0 aliphatic rings. The lowest BCUT2D eigenvalue weighted by atomic mass is 10.1. The number of para-hydroxylation sites is 1. The first-order valence-electron chi connectivity index (χ1n) is 11.9. The number of aryl methyl sites for hydroxylation is 1. The predicted molar refractivity (Wildman–Crippen MR) is 151 cm³/mol. The molecule has 0 fully saturated rings. The lowest BCUT2D eigenvalue weighted by Gasteiger charge is -2.17. The van der Waals surface area contributed by atoms with Crippen LogP contribution in [0.2, 0.25) is 5.02 Å². The SMILES string of the molecule is CCOc1cccc(CNc2ccc(-c3nc4ccc(C)cc4s3)cc2)c1OCc1ccc(Cl)cc1. The van der Waals surface area contributed by atoms with Crippen molar-refractivity contribution >= 4 is 38.8 Å². The number of nitrogens with one attached hydrogen (secondary N) is 1. The van der Waals surface area contributed by atoms with Gasteiger partial charge in [0.25, 0.3) is 0 Å². The summed E-state index contributed by atoms with van der Waals surface area (Å²) < 4.78 is 13.3. The highest BCUT2D eigenvalue weighted by atomic mass is 35.5. The van der Waals surface area contributed by atoms with Crippen molar-refractivity contribution in [2.24, 2.45) is 0 Å². The van der Waals surface area contributed by atoms with Gasteiger partial charge in [0, 0.05) is 28.4 Å². The summed E-state index contributed by atoms with van der Waals surface area (Å²) in [5.74, 6) is 1.50. The van der Waals surface area contributed by atoms with E-state index in [1.807, 2.05) is 43.3 Å². The molecular formula is C30H27ClN2O2S. The maximum Gasteiger partial charge on any atom is 0.166 e. The first kappa shape index (κ1) is 24.2. The third kappa shape index (κ3) is 5.64. The van der Waals surface area contributed by atoms with Crippen molar-refractivity contribution in [3.63, 3.8) is 0 Å². The van der Waals surface area contributed by atoms with Crippen molar-refractivity contribution in [3.8, 4) is 22.1 Å². The number of nitrogens with zero attached hydrogens (tertiary/aromatic N) is 1. The van der Waals surface area contributed by atoms with Crippen LogP contribution in [0.1, 0.15) is 23.6 Å². The van der Waals surface area contributed by atoms with Crippen LogP contribution in [-0.4, -0.2) is 11.6 Å². The maximum atomic E-state index is 6.23. The van der Waals surface area contributed by atoms with E-state index >= 15 is 0 Å². The number of hydrogen-bond acceptors (Lipinski definition) is 5. The van der Waals surface area contributed by atoms with Crippen LogP contribution in [0.25, 0.3) is 20.8 Å². The summed E-state index contributed by atoms with van der Waals surface area (Å²) in [6.45, 7) is 5.70. The van der Waals surface area contributed by atoms with Gasteiger partial charge in [0.2, 0.25) is 0 Å². The maximum absolute atomic E-state index is 6.23. The predicted octanol–water partition coefficient (Wildman–Crippen LogP) is 8.51.